The van der Waals surface area contributed by atoms with Crippen molar-refractivity contribution in [3.8, 4) is 0 Å². The molecule has 4 rings (SSSR count). The SMILES string of the molecule is C/C(CP(C)C)=C(/B(c1ccccc1)c1ccc(C)cc1)c1ccc2ccccc2c1. The van der Waals surface area contributed by atoms with Crippen molar-refractivity contribution in [3.05, 3.63) is 114 Å². The van der Waals surface area contributed by atoms with Crippen LogP contribution >= 0.6 is 7.92 Å². The number of fused-ring (bicyclic) bond motifs is 1. The van der Waals surface area contributed by atoms with E-state index < -0.39 is 0 Å². The Morgan fingerprint density at radius 1 is 0.710 bits per heavy atom. The number of rotatable bonds is 6. The van der Waals surface area contributed by atoms with E-state index in [2.05, 4.69) is 124 Å². The summed E-state index contributed by atoms with van der Waals surface area (Å²) in [7, 11) is -0.0229. The highest BCUT2D eigenvalue weighted by Crippen LogP contribution is 2.33. The molecule has 4 aromatic carbocycles. The Morgan fingerprint density at radius 3 is 2.00 bits per heavy atom. The monoisotopic (exact) mass is 420 g/mol. The van der Waals surface area contributed by atoms with Crippen LogP contribution in [0.25, 0.3) is 16.2 Å². The molecule has 0 aromatic heterocycles. The molecule has 0 aliphatic heterocycles. The Kier molecular flexibility index (Phi) is 6.74. The second-order valence-corrected chi connectivity index (χ2v) is 11.2. The lowest BCUT2D eigenvalue weighted by atomic mass is 9.34. The number of aryl methyl sites for hydroxylation is 1. The molecule has 0 aliphatic carbocycles. The molecule has 0 N–H and O–H groups in total. The van der Waals surface area contributed by atoms with Gasteiger partial charge in [0, 0.05) is 0 Å². The molecular weight excluding hydrogens is 390 g/mol. The summed E-state index contributed by atoms with van der Waals surface area (Å²) in [5, 5.41) is 2.60. The van der Waals surface area contributed by atoms with Gasteiger partial charge >= 0.3 is 0 Å². The maximum Gasteiger partial charge on any atom is 0.241 e. The molecule has 0 heterocycles. The van der Waals surface area contributed by atoms with Gasteiger partial charge in [-0.15, -0.1) is 7.92 Å². The molecule has 0 saturated carbocycles. The van der Waals surface area contributed by atoms with Crippen molar-refractivity contribution in [1.29, 1.82) is 0 Å². The first-order valence-electron chi connectivity index (χ1n) is 11.0. The Morgan fingerprint density at radius 2 is 1.32 bits per heavy atom. The van der Waals surface area contributed by atoms with Crippen LogP contribution < -0.4 is 10.9 Å². The summed E-state index contributed by atoms with van der Waals surface area (Å²) >= 11 is 0. The van der Waals surface area contributed by atoms with E-state index in [4.69, 9.17) is 0 Å². The van der Waals surface area contributed by atoms with E-state index in [0.29, 0.717) is 0 Å². The first-order valence-corrected chi connectivity index (χ1v) is 13.4. The average Bonchev–Trinajstić information content (AvgIpc) is 2.78. The van der Waals surface area contributed by atoms with Crippen molar-refractivity contribution in [1.82, 2.24) is 0 Å². The van der Waals surface area contributed by atoms with Crippen LogP contribution in [0, 0.1) is 6.92 Å². The van der Waals surface area contributed by atoms with Crippen molar-refractivity contribution in [2.75, 3.05) is 19.5 Å². The van der Waals surface area contributed by atoms with E-state index in [1.54, 1.807) is 0 Å². The first-order chi connectivity index (χ1) is 15.0. The first kappa shape index (κ1) is 21.6. The second kappa shape index (κ2) is 9.67. The molecule has 0 fully saturated rings. The lowest BCUT2D eigenvalue weighted by Crippen LogP contribution is -2.44. The van der Waals surface area contributed by atoms with Crippen LogP contribution in [0.15, 0.2) is 103 Å². The van der Waals surface area contributed by atoms with E-state index in [9.17, 15) is 0 Å². The molecule has 154 valence electrons. The molecule has 0 saturated heterocycles. The number of hydrogen-bond acceptors (Lipinski definition) is 0. The predicted molar refractivity (Wildman–Crippen MR) is 143 cm³/mol. The van der Waals surface area contributed by atoms with Crippen molar-refractivity contribution in [2.24, 2.45) is 0 Å². The van der Waals surface area contributed by atoms with Crippen molar-refractivity contribution < 1.29 is 0 Å². The topological polar surface area (TPSA) is 0 Å². The molecular formula is C29H30BP. The van der Waals surface area contributed by atoms with Crippen LogP contribution in [0.5, 0.6) is 0 Å². The molecule has 0 bridgehead atoms. The third-order valence-corrected chi connectivity index (χ3v) is 7.01. The largest absolute Gasteiger partial charge is 0.241 e. The van der Waals surface area contributed by atoms with Gasteiger partial charge in [0.15, 0.2) is 0 Å². The highest BCUT2D eigenvalue weighted by Gasteiger charge is 2.27. The summed E-state index contributed by atoms with van der Waals surface area (Å²) < 4.78 is 0. The van der Waals surface area contributed by atoms with Gasteiger partial charge < -0.3 is 0 Å². The number of benzene rings is 4. The summed E-state index contributed by atoms with van der Waals surface area (Å²) in [6.45, 7) is 9.48. The second-order valence-electron chi connectivity index (χ2n) is 8.75. The zero-order chi connectivity index (χ0) is 21.8. The van der Waals surface area contributed by atoms with E-state index >= 15 is 0 Å². The van der Waals surface area contributed by atoms with Crippen molar-refractivity contribution in [3.63, 3.8) is 0 Å². The summed E-state index contributed by atoms with van der Waals surface area (Å²) in [6, 6.07) is 35.7. The molecule has 4 aromatic rings. The van der Waals surface area contributed by atoms with Gasteiger partial charge in [-0.1, -0.05) is 119 Å². The average molecular weight is 420 g/mol. The smallest absolute Gasteiger partial charge is 0.109 e. The van der Waals surface area contributed by atoms with Gasteiger partial charge in [-0.3, -0.25) is 0 Å². The zero-order valence-corrected chi connectivity index (χ0v) is 19.9. The van der Waals surface area contributed by atoms with Gasteiger partial charge in [0.05, 0.1) is 0 Å². The molecule has 0 radical (unpaired) electrons. The molecule has 0 nitrogen and oxygen atoms in total. The van der Waals surface area contributed by atoms with E-state index in [-0.39, 0.29) is 14.6 Å². The van der Waals surface area contributed by atoms with Crippen LogP contribution in [0.1, 0.15) is 18.1 Å². The molecule has 0 aliphatic rings. The fraction of sp³-hybridized carbons (Fsp3) is 0.172. The Labute approximate surface area is 188 Å². The minimum atomic E-state index is -0.0229. The third kappa shape index (κ3) is 5.00. The Hall–Kier alpha value is -2.63. The lowest BCUT2D eigenvalue weighted by molar-refractivity contribution is 1.41. The van der Waals surface area contributed by atoms with Crippen LogP contribution in [0.3, 0.4) is 0 Å². The molecule has 0 amide bonds. The van der Waals surface area contributed by atoms with Crippen molar-refractivity contribution >= 4 is 41.8 Å². The third-order valence-electron chi connectivity index (χ3n) is 5.91. The fourth-order valence-corrected chi connectivity index (χ4v) is 5.63. The van der Waals surface area contributed by atoms with Gasteiger partial charge in [0.1, 0.15) is 0 Å². The van der Waals surface area contributed by atoms with Crippen LogP contribution in [-0.2, 0) is 0 Å². The molecule has 0 unspecified atom stereocenters. The maximum absolute atomic E-state index is 2.38. The summed E-state index contributed by atoms with van der Waals surface area (Å²) in [4.78, 5) is 0. The Balaban J connectivity index is 1.97. The van der Waals surface area contributed by atoms with Gasteiger partial charge in [0.25, 0.3) is 0 Å². The van der Waals surface area contributed by atoms with Crippen molar-refractivity contribution in [2.45, 2.75) is 13.8 Å². The quantitative estimate of drug-likeness (QED) is 0.246. The normalized spacial score (nSPS) is 12.2. The maximum atomic E-state index is 2.38. The molecule has 0 atom stereocenters. The van der Waals surface area contributed by atoms with E-state index in [1.165, 1.54) is 43.9 Å². The minimum absolute atomic E-state index is 0.0229. The van der Waals surface area contributed by atoms with Gasteiger partial charge in [0.2, 0.25) is 6.71 Å². The van der Waals surface area contributed by atoms with Crippen LogP contribution in [0.4, 0.5) is 0 Å². The predicted octanol–water partition coefficient (Wildman–Crippen LogP) is 6.51. The Bertz CT molecular complexity index is 1190. The van der Waals surface area contributed by atoms with E-state index in [1.807, 2.05) is 0 Å². The van der Waals surface area contributed by atoms with Gasteiger partial charge in [-0.25, -0.2) is 0 Å². The highest BCUT2D eigenvalue weighted by molar-refractivity contribution is 7.56. The highest BCUT2D eigenvalue weighted by atomic mass is 31.1. The molecule has 2 heteroatoms. The summed E-state index contributed by atoms with van der Waals surface area (Å²) in [5.41, 5.74) is 8.30. The minimum Gasteiger partial charge on any atom is -0.109 e. The lowest BCUT2D eigenvalue weighted by Gasteiger charge is -2.24. The molecule has 0 spiro atoms. The molecule has 31 heavy (non-hydrogen) atoms. The standard InChI is InChI=1S/C29H30BP/c1-22-14-18-28(19-15-22)30(27-12-6-5-7-13-27)29(23(2)21-31(3)4)26-17-16-24-10-8-9-11-25(24)20-26/h5-20H,21H2,1-4H3/b29-23-. The number of hydrogen-bond donors (Lipinski definition) is 0. The van der Waals surface area contributed by atoms with E-state index in [0.717, 1.165) is 6.16 Å². The number of allylic oxidation sites excluding steroid dienone is 1. The zero-order valence-electron chi connectivity index (χ0n) is 19.0. The fourth-order valence-electron chi connectivity index (χ4n) is 4.51. The summed E-state index contributed by atoms with van der Waals surface area (Å²) in [6.07, 6.45) is 1.16. The van der Waals surface area contributed by atoms with Gasteiger partial charge in [-0.05, 0) is 55.7 Å². The van der Waals surface area contributed by atoms with Crippen LogP contribution in [-0.4, -0.2) is 26.2 Å². The summed E-state index contributed by atoms with van der Waals surface area (Å²) in [5.74, 6) is 0. The van der Waals surface area contributed by atoms with Gasteiger partial charge in [-0.2, -0.15) is 0 Å². The van der Waals surface area contributed by atoms with Crippen LogP contribution in [0.2, 0.25) is 0 Å².